The van der Waals surface area contributed by atoms with Crippen molar-refractivity contribution in [2.45, 2.75) is 0 Å². The summed E-state index contributed by atoms with van der Waals surface area (Å²) in [6, 6.07) is 60.3. The number of benzene rings is 7. The summed E-state index contributed by atoms with van der Waals surface area (Å²) in [6.45, 7) is 0. The molecule has 214 valence electrons. The predicted molar refractivity (Wildman–Crippen MR) is 191 cm³/mol. The maximum absolute atomic E-state index is 9.58. The van der Waals surface area contributed by atoms with E-state index in [0.29, 0.717) is 5.56 Å². The Balaban J connectivity index is 1.20. The number of fused-ring (bicyclic) bond motifs is 6. The molecule has 0 N–H and O–H groups in total. The van der Waals surface area contributed by atoms with E-state index in [2.05, 4.69) is 167 Å². The summed E-state index contributed by atoms with van der Waals surface area (Å²) in [7, 11) is 0. The minimum Gasteiger partial charge on any atom is -0.309 e. The highest BCUT2D eigenvalue weighted by Gasteiger charge is 2.16. The lowest BCUT2D eigenvalue weighted by Crippen LogP contribution is -1.96. The number of hydrogen-bond donors (Lipinski definition) is 0. The molecule has 0 fully saturated rings. The maximum Gasteiger partial charge on any atom is 0.0991 e. The second-order valence-electron chi connectivity index (χ2n) is 11.7. The number of aromatic nitrogens is 2. The first kappa shape index (κ1) is 26.1. The Bertz CT molecular complexity index is 2610. The monoisotopic (exact) mass is 585 g/mol. The Hall–Kier alpha value is -6.37. The molecule has 0 bridgehead atoms. The van der Waals surface area contributed by atoms with Crippen LogP contribution in [0.4, 0.5) is 0 Å². The third-order valence-electron chi connectivity index (χ3n) is 9.14. The van der Waals surface area contributed by atoms with Gasteiger partial charge >= 0.3 is 0 Å². The van der Waals surface area contributed by atoms with Crippen molar-refractivity contribution >= 4 is 43.6 Å². The van der Waals surface area contributed by atoms with Gasteiger partial charge in [0.05, 0.1) is 33.7 Å². The second-order valence-corrected chi connectivity index (χ2v) is 11.7. The van der Waals surface area contributed by atoms with Gasteiger partial charge in [-0.15, -0.1) is 0 Å². The lowest BCUT2D eigenvalue weighted by atomic mass is 9.94. The molecule has 0 aliphatic carbocycles. The Labute approximate surface area is 266 Å². The first-order valence-corrected chi connectivity index (χ1v) is 15.5. The SMILES string of the molecule is N#Cc1ccc2c(c1)c1ccccc1n2-c1cccc(-c2ccccc2-c2cccc(-n3c4ccccc4c4ccccc43)c2)c1. The molecule has 2 heterocycles. The normalized spacial score (nSPS) is 11.5. The van der Waals surface area contributed by atoms with Crippen molar-refractivity contribution in [3.05, 3.63) is 169 Å². The fraction of sp³-hybridized carbons (Fsp3) is 0. The molecular formula is C43H27N3. The zero-order valence-electron chi connectivity index (χ0n) is 24.9. The lowest BCUT2D eigenvalue weighted by Gasteiger charge is -2.15. The van der Waals surface area contributed by atoms with Crippen LogP contribution in [0, 0.1) is 11.3 Å². The standard InChI is InChI=1S/C43H27N3/c44-28-29-23-24-43-39(25-29)38-19-5-8-22-42(38)46(43)33-14-10-12-31(27-33)35-16-2-1-15-34(35)30-11-9-13-32(26-30)45-40-20-6-3-17-36(40)37-18-4-7-21-41(37)45/h1-27H. The highest BCUT2D eigenvalue weighted by atomic mass is 15.0. The van der Waals surface area contributed by atoms with Gasteiger partial charge in [-0.1, -0.05) is 103 Å². The van der Waals surface area contributed by atoms with E-state index in [1.807, 2.05) is 12.1 Å². The maximum atomic E-state index is 9.58. The largest absolute Gasteiger partial charge is 0.309 e. The number of nitrogens with zero attached hydrogens (tertiary/aromatic N) is 3. The molecule has 0 aliphatic heterocycles. The third kappa shape index (κ3) is 3.98. The molecule has 0 saturated heterocycles. The van der Waals surface area contributed by atoms with Gasteiger partial charge in [-0.2, -0.15) is 5.26 Å². The van der Waals surface area contributed by atoms with Crippen molar-refractivity contribution in [1.29, 1.82) is 5.26 Å². The molecule has 46 heavy (non-hydrogen) atoms. The molecule has 9 aromatic rings. The molecule has 0 aliphatic rings. The van der Waals surface area contributed by atoms with E-state index in [9.17, 15) is 5.26 Å². The van der Waals surface area contributed by atoms with Crippen molar-refractivity contribution < 1.29 is 0 Å². The van der Waals surface area contributed by atoms with Crippen LogP contribution in [0.1, 0.15) is 5.56 Å². The minimum atomic E-state index is 0.668. The van der Waals surface area contributed by atoms with Gasteiger partial charge in [0.15, 0.2) is 0 Å². The summed E-state index contributed by atoms with van der Waals surface area (Å²) in [5, 5.41) is 14.3. The van der Waals surface area contributed by atoms with Crippen LogP contribution in [-0.4, -0.2) is 9.13 Å². The van der Waals surface area contributed by atoms with Crippen LogP contribution in [0.15, 0.2) is 164 Å². The topological polar surface area (TPSA) is 33.6 Å². The van der Waals surface area contributed by atoms with Gasteiger partial charge in [-0.05, 0) is 82.9 Å². The van der Waals surface area contributed by atoms with E-state index in [4.69, 9.17) is 0 Å². The first-order valence-electron chi connectivity index (χ1n) is 15.5. The number of para-hydroxylation sites is 3. The Kier molecular flexibility index (Phi) is 5.88. The van der Waals surface area contributed by atoms with Gasteiger partial charge in [-0.25, -0.2) is 0 Å². The molecule has 0 amide bonds. The number of rotatable bonds is 4. The average molecular weight is 586 g/mol. The Morgan fingerprint density at radius 3 is 1.30 bits per heavy atom. The quantitative estimate of drug-likeness (QED) is 0.202. The zero-order valence-corrected chi connectivity index (χ0v) is 24.9. The van der Waals surface area contributed by atoms with Crippen molar-refractivity contribution in [1.82, 2.24) is 9.13 Å². The molecule has 0 radical (unpaired) electrons. The average Bonchev–Trinajstić information content (AvgIpc) is 3.64. The van der Waals surface area contributed by atoms with Crippen LogP contribution in [0.25, 0.3) is 77.2 Å². The van der Waals surface area contributed by atoms with Gasteiger partial charge < -0.3 is 9.13 Å². The number of hydrogen-bond acceptors (Lipinski definition) is 1. The van der Waals surface area contributed by atoms with Gasteiger partial charge in [0.1, 0.15) is 0 Å². The summed E-state index contributed by atoms with van der Waals surface area (Å²) in [4.78, 5) is 0. The van der Waals surface area contributed by atoms with Crippen molar-refractivity contribution in [2.24, 2.45) is 0 Å². The molecule has 9 rings (SSSR count). The van der Waals surface area contributed by atoms with Crippen molar-refractivity contribution in [3.8, 4) is 39.7 Å². The summed E-state index contributed by atoms with van der Waals surface area (Å²) < 4.78 is 4.68. The van der Waals surface area contributed by atoms with Crippen molar-refractivity contribution in [3.63, 3.8) is 0 Å². The van der Waals surface area contributed by atoms with E-state index in [-0.39, 0.29) is 0 Å². The first-order chi connectivity index (χ1) is 22.8. The van der Waals surface area contributed by atoms with Crippen LogP contribution in [0.3, 0.4) is 0 Å². The van der Waals surface area contributed by atoms with Crippen LogP contribution < -0.4 is 0 Å². The molecule has 0 saturated carbocycles. The van der Waals surface area contributed by atoms with E-state index < -0.39 is 0 Å². The summed E-state index contributed by atoms with van der Waals surface area (Å²) in [6.07, 6.45) is 0. The molecule has 3 nitrogen and oxygen atoms in total. The van der Waals surface area contributed by atoms with E-state index in [1.54, 1.807) is 0 Å². The van der Waals surface area contributed by atoms with Crippen LogP contribution >= 0.6 is 0 Å². The van der Waals surface area contributed by atoms with Gasteiger partial charge in [0.2, 0.25) is 0 Å². The highest BCUT2D eigenvalue weighted by Crippen LogP contribution is 2.38. The molecule has 0 spiro atoms. The summed E-state index contributed by atoms with van der Waals surface area (Å²) >= 11 is 0. The predicted octanol–water partition coefficient (Wildman–Crippen LogP) is 11.1. The molecule has 7 aromatic carbocycles. The summed E-state index contributed by atoms with van der Waals surface area (Å²) in [5.74, 6) is 0. The van der Waals surface area contributed by atoms with Gasteiger partial charge in [-0.3, -0.25) is 0 Å². The third-order valence-corrected chi connectivity index (χ3v) is 9.14. The molecule has 2 aromatic heterocycles. The van der Waals surface area contributed by atoms with E-state index >= 15 is 0 Å². The molecule has 0 unspecified atom stereocenters. The molecular weight excluding hydrogens is 558 g/mol. The van der Waals surface area contributed by atoms with Gasteiger partial charge in [0, 0.05) is 32.9 Å². The molecule has 0 atom stereocenters. The number of nitriles is 1. The Morgan fingerprint density at radius 1 is 0.370 bits per heavy atom. The van der Waals surface area contributed by atoms with Gasteiger partial charge in [0.25, 0.3) is 0 Å². The minimum absolute atomic E-state index is 0.668. The van der Waals surface area contributed by atoms with Crippen molar-refractivity contribution in [2.75, 3.05) is 0 Å². The second kappa shape index (κ2) is 10.4. The fourth-order valence-corrected chi connectivity index (χ4v) is 7.13. The van der Waals surface area contributed by atoms with E-state index in [1.165, 1.54) is 38.5 Å². The highest BCUT2D eigenvalue weighted by molar-refractivity contribution is 6.10. The molecule has 3 heteroatoms. The zero-order chi connectivity index (χ0) is 30.6. The smallest absolute Gasteiger partial charge is 0.0991 e. The fourth-order valence-electron chi connectivity index (χ4n) is 7.13. The van der Waals surface area contributed by atoms with Crippen LogP contribution in [0.2, 0.25) is 0 Å². The summed E-state index contributed by atoms with van der Waals surface area (Å²) in [5.41, 5.74) is 12.2. The van der Waals surface area contributed by atoms with E-state index in [0.717, 1.165) is 38.7 Å². The van der Waals surface area contributed by atoms with Crippen LogP contribution in [0.5, 0.6) is 0 Å². The lowest BCUT2D eigenvalue weighted by molar-refractivity contribution is 1.18. The Morgan fingerprint density at radius 2 is 0.804 bits per heavy atom. The van der Waals surface area contributed by atoms with Crippen LogP contribution in [-0.2, 0) is 0 Å².